The van der Waals surface area contributed by atoms with Gasteiger partial charge in [0.1, 0.15) is 18.5 Å². The Morgan fingerprint density at radius 3 is 2.67 bits per heavy atom. The molecular formula is C17H27NO3. The summed E-state index contributed by atoms with van der Waals surface area (Å²) in [5.41, 5.74) is 1.16. The van der Waals surface area contributed by atoms with Crippen LogP contribution in [0.15, 0.2) is 24.3 Å². The minimum absolute atomic E-state index is 0.130. The number of aliphatic hydroxyl groups excluding tert-OH is 1. The topological polar surface area (TPSA) is 41.9 Å². The van der Waals surface area contributed by atoms with Crippen molar-refractivity contribution in [2.24, 2.45) is 0 Å². The third-order valence-electron chi connectivity index (χ3n) is 3.75. The van der Waals surface area contributed by atoms with E-state index in [4.69, 9.17) is 9.47 Å². The molecule has 1 unspecified atom stereocenters. The van der Waals surface area contributed by atoms with Gasteiger partial charge in [0.05, 0.1) is 12.2 Å². The van der Waals surface area contributed by atoms with Crippen molar-refractivity contribution in [1.82, 2.24) is 4.90 Å². The van der Waals surface area contributed by atoms with Crippen molar-refractivity contribution in [3.05, 3.63) is 29.8 Å². The molecule has 0 radical (unpaired) electrons. The first-order valence-electron chi connectivity index (χ1n) is 7.74. The Hall–Kier alpha value is -1.10. The maximum Gasteiger partial charge on any atom is 0.119 e. The quantitative estimate of drug-likeness (QED) is 0.872. The molecule has 0 aromatic heterocycles. The molecule has 1 saturated heterocycles. The van der Waals surface area contributed by atoms with Crippen LogP contribution >= 0.6 is 0 Å². The van der Waals surface area contributed by atoms with Crippen LogP contribution in [0, 0.1) is 0 Å². The van der Waals surface area contributed by atoms with Crippen LogP contribution in [0.4, 0.5) is 0 Å². The van der Waals surface area contributed by atoms with Gasteiger partial charge in [-0.15, -0.1) is 0 Å². The van der Waals surface area contributed by atoms with Crippen molar-refractivity contribution in [2.45, 2.75) is 38.9 Å². The van der Waals surface area contributed by atoms with E-state index in [2.05, 4.69) is 37.8 Å². The summed E-state index contributed by atoms with van der Waals surface area (Å²) >= 11 is 0. The molecule has 21 heavy (non-hydrogen) atoms. The summed E-state index contributed by atoms with van der Waals surface area (Å²) in [6.07, 6.45) is 0.542. The molecule has 1 aliphatic rings. The Balaban J connectivity index is 1.75. The van der Waals surface area contributed by atoms with E-state index in [1.165, 1.54) is 5.56 Å². The smallest absolute Gasteiger partial charge is 0.119 e. The summed E-state index contributed by atoms with van der Waals surface area (Å²) in [4.78, 5) is 2.23. The molecular weight excluding hydrogens is 266 g/mol. The molecule has 0 spiro atoms. The van der Waals surface area contributed by atoms with Crippen molar-refractivity contribution in [3.8, 4) is 5.75 Å². The number of β-amino-alcohol motifs (C(OH)–C–C–N with tert-alkyl or cyclic N) is 1. The van der Waals surface area contributed by atoms with E-state index >= 15 is 0 Å². The normalized spacial score (nSPS) is 20.2. The number of rotatable bonds is 6. The van der Waals surface area contributed by atoms with Gasteiger partial charge in [-0.05, 0) is 38.0 Å². The number of hydrogen-bond acceptors (Lipinski definition) is 4. The van der Waals surface area contributed by atoms with Gasteiger partial charge in [0.15, 0.2) is 0 Å². The van der Waals surface area contributed by atoms with Crippen LogP contribution < -0.4 is 4.74 Å². The largest absolute Gasteiger partial charge is 0.491 e. The molecule has 2 rings (SSSR count). The van der Waals surface area contributed by atoms with E-state index < -0.39 is 6.10 Å². The average molecular weight is 293 g/mol. The Morgan fingerprint density at radius 1 is 1.33 bits per heavy atom. The highest BCUT2D eigenvalue weighted by molar-refractivity contribution is 5.27. The van der Waals surface area contributed by atoms with Gasteiger partial charge in [0.2, 0.25) is 0 Å². The van der Waals surface area contributed by atoms with Crippen molar-refractivity contribution < 1.29 is 14.6 Å². The molecule has 0 aliphatic carbocycles. The number of aryl methyl sites for hydroxylation is 1. The number of aliphatic hydroxyl groups is 1. The molecule has 0 bridgehead atoms. The number of benzene rings is 1. The highest BCUT2D eigenvalue weighted by atomic mass is 16.5. The number of hydrogen-bond donors (Lipinski definition) is 1. The standard InChI is InChI=1S/C17H27NO3/c1-4-14-5-7-16(8-6-14)20-12-15(19)11-18-9-10-21-17(2,3)13-18/h5-8,15,19H,4,9-13H2,1-3H3. The van der Waals surface area contributed by atoms with E-state index in [-0.39, 0.29) is 5.60 Å². The fourth-order valence-electron chi connectivity index (χ4n) is 2.63. The summed E-state index contributed by atoms with van der Waals surface area (Å²) in [5.74, 6) is 0.813. The molecule has 1 aromatic carbocycles. The zero-order valence-corrected chi connectivity index (χ0v) is 13.3. The predicted octanol–water partition coefficient (Wildman–Crippen LogP) is 2.10. The van der Waals surface area contributed by atoms with Gasteiger partial charge in [-0.1, -0.05) is 19.1 Å². The summed E-state index contributed by atoms with van der Waals surface area (Å²) in [6, 6.07) is 8.05. The lowest BCUT2D eigenvalue weighted by atomic mass is 10.1. The van der Waals surface area contributed by atoms with E-state index in [0.717, 1.165) is 31.9 Å². The molecule has 0 saturated carbocycles. The second-order valence-electron chi connectivity index (χ2n) is 6.31. The highest BCUT2D eigenvalue weighted by Crippen LogP contribution is 2.17. The third-order valence-corrected chi connectivity index (χ3v) is 3.75. The van der Waals surface area contributed by atoms with Gasteiger partial charge >= 0.3 is 0 Å². The second-order valence-corrected chi connectivity index (χ2v) is 6.31. The molecule has 1 fully saturated rings. The molecule has 4 heteroatoms. The molecule has 4 nitrogen and oxygen atoms in total. The Morgan fingerprint density at radius 2 is 2.05 bits per heavy atom. The van der Waals surface area contributed by atoms with E-state index in [0.29, 0.717) is 13.2 Å². The maximum absolute atomic E-state index is 10.1. The molecule has 0 amide bonds. The average Bonchev–Trinajstić information content (AvgIpc) is 2.44. The minimum atomic E-state index is -0.482. The molecule has 1 heterocycles. The molecule has 1 aliphatic heterocycles. The first kappa shape index (κ1) is 16.3. The lowest BCUT2D eigenvalue weighted by Gasteiger charge is -2.38. The monoisotopic (exact) mass is 293 g/mol. The van der Waals surface area contributed by atoms with Crippen molar-refractivity contribution in [3.63, 3.8) is 0 Å². The summed E-state index contributed by atoms with van der Waals surface area (Å²) in [5, 5.41) is 10.1. The summed E-state index contributed by atoms with van der Waals surface area (Å²) < 4.78 is 11.3. The van der Waals surface area contributed by atoms with Crippen LogP contribution in [-0.2, 0) is 11.2 Å². The minimum Gasteiger partial charge on any atom is -0.491 e. The first-order valence-corrected chi connectivity index (χ1v) is 7.74. The SMILES string of the molecule is CCc1ccc(OCC(O)CN2CCOC(C)(C)C2)cc1. The van der Waals surface area contributed by atoms with Gasteiger partial charge in [-0.25, -0.2) is 0 Å². The van der Waals surface area contributed by atoms with E-state index in [9.17, 15) is 5.11 Å². The Labute approximate surface area is 127 Å². The maximum atomic E-state index is 10.1. The summed E-state index contributed by atoms with van der Waals surface area (Å²) in [7, 11) is 0. The zero-order valence-electron chi connectivity index (χ0n) is 13.3. The van der Waals surface area contributed by atoms with E-state index in [1.54, 1.807) is 0 Å². The van der Waals surface area contributed by atoms with Gasteiger partial charge < -0.3 is 14.6 Å². The third kappa shape index (κ3) is 5.30. The number of morpholine rings is 1. The second kappa shape index (κ2) is 7.25. The molecule has 1 atom stereocenters. The van der Waals surface area contributed by atoms with Crippen LogP contribution in [-0.4, -0.2) is 54.6 Å². The first-order chi connectivity index (χ1) is 9.98. The Bertz CT molecular complexity index is 430. The molecule has 1 N–H and O–H groups in total. The fourth-order valence-corrected chi connectivity index (χ4v) is 2.63. The van der Waals surface area contributed by atoms with E-state index in [1.807, 2.05) is 12.1 Å². The Kier molecular flexibility index (Phi) is 5.62. The van der Waals surface area contributed by atoms with Crippen LogP contribution in [0.5, 0.6) is 5.75 Å². The molecule has 118 valence electrons. The molecule has 1 aromatic rings. The van der Waals surface area contributed by atoms with Crippen molar-refractivity contribution in [1.29, 1.82) is 0 Å². The number of nitrogens with zero attached hydrogens (tertiary/aromatic N) is 1. The van der Waals surface area contributed by atoms with Crippen LogP contribution in [0.1, 0.15) is 26.3 Å². The lowest BCUT2D eigenvalue weighted by molar-refractivity contribution is -0.0947. The van der Waals surface area contributed by atoms with Gasteiger partial charge in [0, 0.05) is 19.6 Å². The van der Waals surface area contributed by atoms with Gasteiger partial charge in [-0.3, -0.25) is 4.90 Å². The number of ether oxygens (including phenoxy) is 2. The fraction of sp³-hybridized carbons (Fsp3) is 0.647. The van der Waals surface area contributed by atoms with Gasteiger partial charge in [0.25, 0.3) is 0 Å². The van der Waals surface area contributed by atoms with Gasteiger partial charge in [-0.2, -0.15) is 0 Å². The summed E-state index contributed by atoms with van der Waals surface area (Å²) in [6.45, 7) is 9.67. The zero-order chi connectivity index (χ0) is 15.3. The van der Waals surface area contributed by atoms with Crippen LogP contribution in [0.25, 0.3) is 0 Å². The van der Waals surface area contributed by atoms with Crippen LogP contribution in [0.3, 0.4) is 0 Å². The van der Waals surface area contributed by atoms with Crippen molar-refractivity contribution in [2.75, 3.05) is 32.8 Å². The highest BCUT2D eigenvalue weighted by Gasteiger charge is 2.28. The van der Waals surface area contributed by atoms with Crippen LogP contribution in [0.2, 0.25) is 0 Å². The predicted molar refractivity (Wildman–Crippen MR) is 83.8 cm³/mol. The lowest BCUT2D eigenvalue weighted by Crippen LogP contribution is -2.50. The van der Waals surface area contributed by atoms with Crippen molar-refractivity contribution >= 4 is 0 Å².